The van der Waals surface area contributed by atoms with E-state index in [1.807, 2.05) is 0 Å². The Bertz CT molecular complexity index is 139. The van der Waals surface area contributed by atoms with Gasteiger partial charge in [0.25, 0.3) is 0 Å². The molecule has 2 heteroatoms. The van der Waals surface area contributed by atoms with E-state index >= 15 is 0 Å². The Labute approximate surface area is 79.5 Å². The SMILES string of the molecule is NC(CC1CCCSC1)C1CC1. The van der Waals surface area contributed by atoms with Crippen molar-refractivity contribution in [1.29, 1.82) is 0 Å². The van der Waals surface area contributed by atoms with Crippen LogP contribution < -0.4 is 5.73 Å². The Morgan fingerprint density at radius 2 is 2.17 bits per heavy atom. The lowest BCUT2D eigenvalue weighted by Gasteiger charge is -2.24. The highest BCUT2D eigenvalue weighted by atomic mass is 32.2. The minimum absolute atomic E-state index is 0.536. The standard InChI is InChI=1S/C10H19NS/c11-10(9-3-4-9)6-8-2-1-5-12-7-8/h8-10H,1-7,11H2. The summed E-state index contributed by atoms with van der Waals surface area (Å²) in [4.78, 5) is 0. The molecular formula is C10H19NS. The van der Waals surface area contributed by atoms with Gasteiger partial charge in [0.05, 0.1) is 0 Å². The van der Waals surface area contributed by atoms with Crippen molar-refractivity contribution in [1.82, 2.24) is 0 Å². The van der Waals surface area contributed by atoms with Crippen molar-refractivity contribution in [2.45, 2.75) is 38.1 Å². The van der Waals surface area contributed by atoms with Crippen molar-refractivity contribution in [3.8, 4) is 0 Å². The van der Waals surface area contributed by atoms with Gasteiger partial charge in [-0.05, 0) is 55.4 Å². The molecule has 1 heterocycles. The monoisotopic (exact) mass is 185 g/mol. The molecule has 1 aliphatic heterocycles. The molecule has 1 saturated carbocycles. The predicted octanol–water partition coefficient (Wildman–Crippen LogP) is 2.26. The molecule has 0 radical (unpaired) electrons. The highest BCUT2D eigenvalue weighted by Gasteiger charge is 2.30. The quantitative estimate of drug-likeness (QED) is 0.730. The van der Waals surface area contributed by atoms with Crippen LogP contribution in [0.5, 0.6) is 0 Å². The molecule has 0 aromatic carbocycles. The zero-order chi connectivity index (χ0) is 8.39. The maximum Gasteiger partial charge on any atom is 0.00700 e. The van der Waals surface area contributed by atoms with E-state index < -0.39 is 0 Å². The van der Waals surface area contributed by atoms with Crippen LogP contribution in [-0.4, -0.2) is 17.5 Å². The summed E-state index contributed by atoms with van der Waals surface area (Å²) in [5.74, 6) is 4.60. The third-order valence-corrected chi connectivity index (χ3v) is 4.37. The summed E-state index contributed by atoms with van der Waals surface area (Å²) in [6.07, 6.45) is 6.97. The fourth-order valence-corrected chi connectivity index (χ4v) is 3.27. The lowest BCUT2D eigenvalue weighted by Crippen LogP contribution is -2.27. The van der Waals surface area contributed by atoms with Crippen molar-refractivity contribution in [3.63, 3.8) is 0 Å². The Morgan fingerprint density at radius 3 is 2.75 bits per heavy atom. The Balaban J connectivity index is 1.69. The first kappa shape index (κ1) is 8.89. The van der Waals surface area contributed by atoms with Crippen LogP contribution in [0.3, 0.4) is 0 Å². The lowest BCUT2D eigenvalue weighted by molar-refractivity contribution is 0.410. The van der Waals surface area contributed by atoms with Gasteiger partial charge in [-0.15, -0.1) is 0 Å². The molecule has 0 spiro atoms. The van der Waals surface area contributed by atoms with Crippen LogP contribution in [0.1, 0.15) is 32.1 Å². The van der Waals surface area contributed by atoms with E-state index in [1.54, 1.807) is 0 Å². The smallest absolute Gasteiger partial charge is 0.00700 e. The Kier molecular flexibility index (Phi) is 2.97. The number of thioether (sulfide) groups is 1. The van der Waals surface area contributed by atoms with E-state index in [-0.39, 0.29) is 0 Å². The largest absolute Gasteiger partial charge is 0.327 e. The van der Waals surface area contributed by atoms with Crippen molar-refractivity contribution < 1.29 is 0 Å². The Morgan fingerprint density at radius 1 is 1.33 bits per heavy atom. The second-order valence-corrected chi connectivity index (χ2v) is 5.47. The molecular weight excluding hydrogens is 166 g/mol. The summed E-state index contributed by atoms with van der Waals surface area (Å²) in [5, 5.41) is 0. The fraction of sp³-hybridized carbons (Fsp3) is 1.00. The number of nitrogens with two attached hydrogens (primary N) is 1. The van der Waals surface area contributed by atoms with E-state index in [4.69, 9.17) is 5.73 Å². The Hall–Kier alpha value is 0.310. The van der Waals surface area contributed by atoms with Gasteiger partial charge in [0.2, 0.25) is 0 Å². The predicted molar refractivity (Wildman–Crippen MR) is 55.4 cm³/mol. The van der Waals surface area contributed by atoms with E-state index in [2.05, 4.69) is 11.8 Å². The van der Waals surface area contributed by atoms with Crippen molar-refractivity contribution in [2.24, 2.45) is 17.6 Å². The van der Waals surface area contributed by atoms with Gasteiger partial charge >= 0.3 is 0 Å². The molecule has 2 aliphatic rings. The molecule has 1 nitrogen and oxygen atoms in total. The van der Waals surface area contributed by atoms with Crippen LogP contribution in [0.25, 0.3) is 0 Å². The molecule has 0 amide bonds. The summed E-state index contributed by atoms with van der Waals surface area (Å²) >= 11 is 2.12. The van der Waals surface area contributed by atoms with Crippen molar-refractivity contribution in [2.75, 3.05) is 11.5 Å². The van der Waals surface area contributed by atoms with E-state index in [0.717, 1.165) is 11.8 Å². The highest BCUT2D eigenvalue weighted by molar-refractivity contribution is 7.99. The molecule has 2 N–H and O–H groups in total. The maximum atomic E-state index is 6.10. The maximum absolute atomic E-state index is 6.10. The molecule has 0 aromatic heterocycles. The van der Waals surface area contributed by atoms with Crippen LogP contribution in [0.15, 0.2) is 0 Å². The molecule has 0 aromatic rings. The molecule has 1 aliphatic carbocycles. The first-order chi connectivity index (χ1) is 5.86. The minimum atomic E-state index is 0.536. The first-order valence-electron chi connectivity index (χ1n) is 5.19. The van der Waals surface area contributed by atoms with E-state index in [0.29, 0.717) is 6.04 Å². The average Bonchev–Trinajstić information content (AvgIpc) is 2.88. The third-order valence-electron chi connectivity index (χ3n) is 3.09. The van der Waals surface area contributed by atoms with Gasteiger partial charge in [0.1, 0.15) is 0 Å². The summed E-state index contributed by atoms with van der Waals surface area (Å²) in [6.45, 7) is 0. The van der Waals surface area contributed by atoms with Gasteiger partial charge in [-0.3, -0.25) is 0 Å². The van der Waals surface area contributed by atoms with E-state index in [1.165, 1.54) is 43.6 Å². The number of hydrogen-bond acceptors (Lipinski definition) is 2. The summed E-state index contributed by atoms with van der Waals surface area (Å²) in [6, 6.07) is 0.536. The zero-order valence-electron chi connectivity index (χ0n) is 7.67. The second-order valence-electron chi connectivity index (χ2n) is 4.32. The minimum Gasteiger partial charge on any atom is -0.327 e. The van der Waals surface area contributed by atoms with Crippen LogP contribution >= 0.6 is 11.8 Å². The molecule has 2 rings (SSSR count). The average molecular weight is 185 g/mol. The summed E-state index contributed by atoms with van der Waals surface area (Å²) in [5.41, 5.74) is 6.10. The highest BCUT2D eigenvalue weighted by Crippen LogP contribution is 2.36. The van der Waals surface area contributed by atoms with Crippen molar-refractivity contribution in [3.05, 3.63) is 0 Å². The van der Waals surface area contributed by atoms with Gasteiger partial charge in [-0.25, -0.2) is 0 Å². The van der Waals surface area contributed by atoms with Crippen LogP contribution in [0.2, 0.25) is 0 Å². The normalized spacial score (nSPS) is 33.2. The van der Waals surface area contributed by atoms with Gasteiger partial charge in [-0.2, -0.15) is 11.8 Å². The van der Waals surface area contributed by atoms with Crippen LogP contribution in [0.4, 0.5) is 0 Å². The third kappa shape index (κ3) is 2.40. The zero-order valence-corrected chi connectivity index (χ0v) is 8.48. The topological polar surface area (TPSA) is 26.0 Å². The van der Waals surface area contributed by atoms with Crippen molar-refractivity contribution >= 4 is 11.8 Å². The number of rotatable bonds is 3. The molecule has 2 unspecified atom stereocenters. The second kappa shape index (κ2) is 4.01. The summed E-state index contributed by atoms with van der Waals surface area (Å²) in [7, 11) is 0. The number of hydrogen-bond donors (Lipinski definition) is 1. The molecule has 2 atom stereocenters. The van der Waals surface area contributed by atoms with Gasteiger partial charge in [0.15, 0.2) is 0 Å². The van der Waals surface area contributed by atoms with Gasteiger partial charge < -0.3 is 5.73 Å². The van der Waals surface area contributed by atoms with Gasteiger partial charge in [0, 0.05) is 6.04 Å². The first-order valence-corrected chi connectivity index (χ1v) is 6.35. The van der Waals surface area contributed by atoms with E-state index in [9.17, 15) is 0 Å². The van der Waals surface area contributed by atoms with Crippen LogP contribution in [0, 0.1) is 11.8 Å². The molecule has 0 bridgehead atoms. The van der Waals surface area contributed by atoms with Gasteiger partial charge in [-0.1, -0.05) is 0 Å². The molecule has 70 valence electrons. The molecule has 1 saturated heterocycles. The fourth-order valence-electron chi connectivity index (χ4n) is 2.10. The van der Waals surface area contributed by atoms with Crippen LogP contribution in [-0.2, 0) is 0 Å². The molecule has 12 heavy (non-hydrogen) atoms. The summed E-state index contributed by atoms with van der Waals surface area (Å²) < 4.78 is 0. The molecule has 2 fully saturated rings. The lowest BCUT2D eigenvalue weighted by atomic mass is 9.95.